The number of ether oxygens (including phenoxy) is 1. The van der Waals surface area contributed by atoms with Crippen LogP contribution in [0.2, 0.25) is 0 Å². The smallest absolute Gasteiger partial charge is 0.113 e. The number of nitrogens with zero attached hydrogens (tertiary/aromatic N) is 1. The number of rotatable bonds is 2. The van der Waals surface area contributed by atoms with Gasteiger partial charge in [0.2, 0.25) is 0 Å². The standard InChI is InChI=1S/C11H22N2O/c1-4-13-6-5-9(7-13)10-12-8-11(2,3)14-10/h9-10,12H,4-8H2,1-3H3. The first-order valence-electron chi connectivity index (χ1n) is 5.74. The van der Waals surface area contributed by atoms with E-state index in [2.05, 4.69) is 31.0 Å². The van der Waals surface area contributed by atoms with Gasteiger partial charge in [0.1, 0.15) is 6.23 Å². The summed E-state index contributed by atoms with van der Waals surface area (Å²) in [7, 11) is 0. The maximum atomic E-state index is 5.99. The summed E-state index contributed by atoms with van der Waals surface area (Å²) >= 11 is 0. The van der Waals surface area contributed by atoms with Gasteiger partial charge in [-0.1, -0.05) is 6.92 Å². The predicted molar refractivity (Wildman–Crippen MR) is 57.2 cm³/mol. The van der Waals surface area contributed by atoms with Gasteiger partial charge < -0.3 is 9.64 Å². The molecule has 2 unspecified atom stereocenters. The van der Waals surface area contributed by atoms with Gasteiger partial charge in [-0.2, -0.15) is 0 Å². The fourth-order valence-corrected chi connectivity index (χ4v) is 2.43. The molecule has 2 rings (SSSR count). The minimum absolute atomic E-state index is 0.0320. The fourth-order valence-electron chi connectivity index (χ4n) is 2.43. The quantitative estimate of drug-likeness (QED) is 0.718. The molecule has 2 aliphatic rings. The summed E-state index contributed by atoms with van der Waals surface area (Å²) in [5.41, 5.74) is 0.0320. The molecule has 2 atom stereocenters. The second-order valence-corrected chi connectivity index (χ2v) is 5.12. The molecule has 3 nitrogen and oxygen atoms in total. The zero-order valence-electron chi connectivity index (χ0n) is 9.55. The summed E-state index contributed by atoms with van der Waals surface area (Å²) < 4.78 is 5.99. The van der Waals surface area contributed by atoms with E-state index in [0.29, 0.717) is 12.1 Å². The monoisotopic (exact) mass is 198 g/mol. The molecule has 0 saturated carbocycles. The third-order valence-corrected chi connectivity index (χ3v) is 3.36. The van der Waals surface area contributed by atoms with E-state index < -0.39 is 0 Å². The number of nitrogens with one attached hydrogen (secondary N) is 1. The van der Waals surface area contributed by atoms with Crippen LogP contribution in [0.15, 0.2) is 0 Å². The Morgan fingerprint density at radius 2 is 2.29 bits per heavy atom. The van der Waals surface area contributed by atoms with Crippen molar-refractivity contribution in [2.45, 2.75) is 39.0 Å². The van der Waals surface area contributed by atoms with Crippen molar-refractivity contribution in [1.82, 2.24) is 10.2 Å². The number of likely N-dealkylation sites (tertiary alicyclic amines) is 1. The Balaban J connectivity index is 1.86. The van der Waals surface area contributed by atoms with Crippen LogP contribution in [0, 0.1) is 5.92 Å². The highest BCUT2D eigenvalue weighted by molar-refractivity contribution is 4.88. The van der Waals surface area contributed by atoms with E-state index in [0.717, 1.165) is 6.54 Å². The molecular weight excluding hydrogens is 176 g/mol. The first-order chi connectivity index (χ1) is 6.61. The second-order valence-electron chi connectivity index (χ2n) is 5.12. The molecule has 1 N–H and O–H groups in total. The predicted octanol–water partition coefficient (Wildman–Crippen LogP) is 1.05. The van der Waals surface area contributed by atoms with E-state index >= 15 is 0 Å². The van der Waals surface area contributed by atoms with Gasteiger partial charge >= 0.3 is 0 Å². The molecule has 0 amide bonds. The van der Waals surface area contributed by atoms with Crippen molar-refractivity contribution in [3.8, 4) is 0 Å². The zero-order valence-corrected chi connectivity index (χ0v) is 9.55. The second kappa shape index (κ2) is 3.80. The van der Waals surface area contributed by atoms with Gasteiger partial charge in [0.05, 0.1) is 5.60 Å². The van der Waals surface area contributed by atoms with Crippen molar-refractivity contribution in [2.75, 3.05) is 26.2 Å². The zero-order chi connectivity index (χ0) is 10.2. The van der Waals surface area contributed by atoms with Crippen LogP contribution >= 0.6 is 0 Å². The van der Waals surface area contributed by atoms with Gasteiger partial charge in [-0.25, -0.2) is 0 Å². The Bertz CT molecular complexity index is 205. The van der Waals surface area contributed by atoms with Gasteiger partial charge in [0, 0.05) is 19.0 Å². The van der Waals surface area contributed by atoms with Crippen molar-refractivity contribution in [3.63, 3.8) is 0 Å². The van der Waals surface area contributed by atoms with Crippen molar-refractivity contribution >= 4 is 0 Å². The Kier molecular flexibility index (Phi) is 2.82. The fraction of sp³-hybridized carbons (Fsp3) is 1.00. The Morgan fingerprint density at radius 1 is 1.50 bits per heavy atom. The molecule has 2 aliphatic heterocycles. The largest absolute Gasteiger partial charge is 0.356 e. The molecule has 0 aromatic carbocycles. The normalized spacial score (nSPS) is 37.9. The third-order valence-electron chi connectivity index (χ3n) is 3.36. The maximum absolute atomic E-state index is 5.99. The summed E-state index contributed by atoms with van der Waals surface area (Å²) in [6.45, 7) is 11.1. The van der Waals surface area contributed by atoms with Crippen LogP contribution in [0.25, 0.3) is 0 Å². The number of hydrogen-bond donors (Lipinski definition) is 1. The summed E-state index contributed by atoms with van der Waals surface area (Å²) in [6.07, 6.45) is 1.57. The summed E-state index contributed by atoms with van der Waals surface area (Å²) in [6, 6.07) is 0. The lowest BCUT2D eigenvalue weighted by molar-refractivity contribution is -0.0396. The average Bonchev–Trinajstić information content (AvgIpc) is 2.70. The average molecular weight is 198 g/mol. The van der Waals surface area contributed by atoms with Crippen LogP contribution < -0.4 is 5.32 Å². The van der Waals surface area contributed by atoms with E-state index in [1.807, 2.05) is 0 Å². The van der Waals surface area contributed by atoms with Gasteiger partial charge in [-0.15, -0.1) is 0 Å². The molecule has 2 heterocycles. The highest BCUT2D eigenvalue weighted by Gasteiger charge is 2.38. The highest BCUT2D eigenvalue weighted by Crippen LogP contribution is 2.27. The Hall–Kier alpha value is -0.120. The molecular formula is C11H22N2O. The van der Waals surface area contributed by atoms with Gasteiger partial charge in [0.15, 0.2) is 0 Å². The van der Waals surface area contributed by atoms with Crippen LogP contribution in [0.5, 0.6) is 0 Å². The number of hydrogen-bond acceptors (Lipinski definition) is 3. The first-order valence-corrected chi connectivity index (χ1v) is 5.74. The summed E-state index contributed by atoms with van der Waals surface area (Å²) in [4.78, 5) is 2.50. The Labute approximate surface area is 86.8 Å². The van der Waals surface area contributed by atoms with E-state index in [-0.39, 0.29) is 5.60 Å². The molecule has 82 valence electrons. The molecule has 0 bridgehead atoms. The van der Waals surface area contributed by atoms with E-state index in [9.17, 15) is 0 Å². The van der Waals surface area contributed by atoms with Crippen molar-refractivity contribution in [3.05, 3.63) is 0 Å². The van der Waals surface area contributed by atoms with E-state index in [1.165, 1.54) is 26.1 Å². The first kappa shape index (κ1) is 10.4. The highest BCUT2D eigenvalue weighted by atomic mass is 16.5. The van der Waals surface area contributed by atoms with Crippen LogP contribution in [0.4, 0.5) is 0 Å². The molecule has 0 aromatic rings. The van der Waals surface area contributed by atoms with Gasteiger partial charge in [-0.05, 0) is 33.4 Å². The van der Waals surface area contributed by atoms with Gasteiger partial charge in [0.25, 0.3) is 0 Å². The van der Waals surface area contributed by atoms with Crippen molar-refractivity contribution in [2.24, 2.45) is 5.92 Å². The molecule has 0 aromatic heterocycles. The Morgan fingerprint density at radius 3 is 2.79 bits per heavy atom. The summed E-state index contributed by atoms with van der Waals surface area (Å²) in [5, 5.41) is 3.48. The van der Waals surface area contributed by atoms with Crippen molar-refractivity contribution in [1.29, 1.82) is 0 Å². The molecule has 3 heteroatoms. The van der Waals surface area contributed by atoms with E-state index in [1.54, 1.807) is 0 Å². The SMILES string of the molecule is CCN1CCC(C2NCC(C)(C)O2)C1. The lowest BCUT2D eigenvalue weighted by Crippen LogP contribution is -2.33. The molecule has 0 spiro atoms. The lowest BCUT2D eigenvalue weighted by atomic mass is 10.1. The molecule has 2 saturated heterocycles. The minimum atomic E-state index is 0.0320. The topological polar surface area (TPSA) is 24.5 Å². The molecule has 2 fully saturated rings. The summed E-state index contributed by atoms with van der Waals surface area (Å²) in [5.74, 6) is 0.691. The maximum Gasteiger partial charge on any atom is 0.113 e. The molecule has 0 radical (unpaired) electrons. The van der Waals surface area contributed by atoms with Crippen LogP contribution in [0.1, 0.15) is 27.2 Å². The molecule has 14 heavy (non-hydrogen) atoms. The van der Waals surface area contributed by atoms with Crippen LogP contribution in [0.3, 0.4) is 0 Å². The van der Waals surface area contributed by atoms with Crippen LogP contribution in [-0.2, 0) is 4.74 Å². The third kappa shape index (κ3) is 2.10. The minimum Gasteiger partial charge on any atom is -0.356 e. The van der Waals surface area contributed by atoms with Crippen LogP contribution in [-0.4, -0.2) is 42.9 Å². The molecule has 0 aliphatic carbocycles. The van der Waals surface area contributed by atoms with Gasteiger partial charge in [-0.3, -0.25) is 5.32 Å². The van der Waals surface area contributed by atoms with E-state index in [4.69, 9.17) is 4.74 Å². The van der Waals surface area contributed by atoms with Crippen molar-refractivity contribution < 1.29 is 4.74 Å². The lowest BCUT2D eigenvalue weighted by Gasteiger charge is -2.22.